The molecule has 4 rings (SSSR count). The molecule has 0 bridgehead atoms. The van der Waals surface area contributed by atoms with E-state index in [9.17, 15) is 19.5 Å². The molecule has 2 aromatic rings. The van der Waals surface area contributed by atoms with Gasteiger partial charge in [-0.05, 0) is 74.5 Å². The van der Waals surface area contributed by atoms with E-state index in [-0.39, 0.29) is 54.2 Å². The highest BCUT2D eigenvalue weighted by Crippen LogP contribution is 2.45. The maximum absolute atomic E-state index is 13.1. The number of nitrogens with zero attached hydrogens (tertiary/aromatic N) is 2. The maximum atomic E-state index is 13.1. The Labute approximate surface area is 220 Å². The fraction of sp³-hybridized carbons (Fsp3) is 0.571. The number of likely N-dealkylation sites (tertiary alicyclic amines) is 1. The van der Waals surface area contributed by atoms with Crippen molar-refractivity contribution in [2.24, 2.45) is 5.92 Å². The van der Waals surface area contributed by atoms with Gasteiger partial charge in [-0.1, -0.05) is 19.1 Å². The highest BCUT2D eigenvalue weighted by atomic mass is 28.4. The topological polar surface area (TPSA) is 101 Å². The van der Waals surface area contributed by atoms with E-state index in [2.05, 4.69) is 6.92 Å². The van der Waals surface area contributed by atoms with Gasteiger partial charge in [-0.25, -0.2) is 0 Å². The average Bonchev–Trinajstić information content (AvgIpc) is 3.47. The van der Waals surface area contributed by atoms with Gasteiger partial charge in [0.2, 0.25) is 5.91 Å². The lowest BCUT2D eigenvalue weighted by molar-refractivity contribution is -0.135. The predicted octanol–water partition coefficient (Wildman–Crippen LogP) is 3.12. The molecule has 8 nitrogen and oxygen atoms in total. The number of aliphatic hydroxyl groups excluding tert-OH is 1. The van der Waals surface area contributed by atoms with Crippen molar-refractivity contribution in [1.82, 2.24) is 9.47 Å². The Bertz CT molecular complexity index is 1150. The summed E-state index contributed by atoms with van der Waals surface area (Å²) in [5, 5.41) is 9.64. The zero-order valence-corrected chi connectivity index (χ0v) is 23.3. The Morgan fingerprint density at radius 1 is 1.22 bits per heavy atom. The number of aliphatic hydroxyl groups is 1. The monoisotopic (exact) mass is 528 g/mol. The second-order valence-corrected chi connectivity index (χ2v) is 15.0. The number of aryl methyl sites for hydroxylation is 1. The summed E-state index contributed by atoms with van der Waals surface area (Å²) in [7, 11) is -1.11. The van der Waals surface area contributed by atoms with Crippen LogP contribution in [0, 0.1) is 5.92 Å². The van der Waals surface area contributed by atoms with Gasteiger partial charge >= 0.3 is 0 Å². The first-order valence-corrected chi connectivity index (χ1v) is 16.3. The third kappa shape index (κ3) is 6.00. The van der Waals surface area contributed by atoms with Crippen LogP contribution in [0.5, 0.6) is 5.75 Å². The summed E-state index contributed by atoms with van der Waals surface area (Å²) in [4.78, 5) is 38.7. The number of benzene rings is 1. The van der Waals surface area contributed by atoms with Crippen LogP contribution in [-0.4, -0.2) is 72.1 Å². The summed E-state index contributed by atoms with van der Waals surface area (Å²) < 4.78 is 13.2. The molecule has 202 valence electrons. The molecule has 37 heavy (non-hydrogen) atoms. The molecule has 2 aliphatic heterocycles. The maximum Gasteiger partial charge on any atom is 0.297 e. The van der Waals surface area contributed by atoms with Gasteiger partial charge in [0.1, 0.15) is 0 Å². The molecule has 1 amide bonds. The lowest BCUT2D eigenvalue weighted by Crippen LogP contribution is -2.43. The molecule has 1 aromatic heterocycles. The van der Waals surface area contributed by atoms with Crippen LogP contribution in [0.3, 0.4) is 0 Å². The number of rotatable bonds is 9. The van der Waals surface area contributed by atoms with Gasteiger partial charge in [0.05, 0.1) is 38.4 Å². The van der Waals surface area contributed by atoms with Crippen molar-refractivity contribution >= 4 is 14.2 Å². The number of ether oxygens (including phenoxy) is 2. The van der Waals surface area contributed by atoms with Gasteiger partial charge in [0, 0.05) is 24.0 Å². The molecule has 0 unspecified atom stereocenters. The normalized spacial score (nSPS) is 26.0. The molecule has 2 fully saturated rings. The van der Waals surface area contributed by atoms with Gasteiger partial charge < -0.3 is 24.3 Å². The lowest BCUT2D eigenvalue weighted by Gasteiger charge is -2.31. The van der Waals surface area contributed by atoms with E-state index in [1.165, 1.54) is 7.11 Å². The molecule has 5 atom stereocenters. The zero-order valence-electron chi connectivity index (χ0n) is 22.3. The van der Waals surface area contributed by atoms with Crippen molar-refractivity contribution in [2.75, 3.05) is 20.3 Å². The Hall–Kier alpha value is -2.46. The first-order chi connectivity index (χ1) is 17.6. The fourth-order valence-corrected chi connectivity index (χ4v) is 8.86. The third-order valence-corrected chi connectivity index (χ3v) is 10.6. The molecule has 2 saturated heterocycles. The van der Waals surface area contributed by atoms with Crippen molar-refractivity contribution < 1.29 is 24.2 Å². The number of carbonyl (C=O) groups is 1. The van der Waals surface area contributed by atoms with E-state index < -0.39 is 8.32 Å². The van der Waals surface area contributed by atoms with E-state index >= 15 is 0 Å². The van der Waals surface area contributed by atoms with Gasteiger partial charge in [0.15, 0.2) is 14.1 Å². The van der Waals surface area contributed by atoms with Crippen molar-refractivity contribution in [2.45, 2.75) is 75.9 Å². The zero-order chi connectivity index (χ0) is 26.7. The van der Waals surface area contributed by atoms with Crippen molar-refractivity contribution in [3.05, 3.63) is 58.5 Å². The molecule has 0 aliphatic carbocycles. The highest BCUT2D eigenvalue weighted by Gasteiger charge is 2.50. The number of methoxy groups -OCH3 is 1. The Morgan fingerprint density at radius 3 is 2.70 bits per heavy atom. The van der Waals surface area contributed by atoms with E-state index in [1.807, 2.05) is 37.4 Å². The van der Waals surface area contributed by atoms with Crippen LogP contribution in [0.1, 0.15) is 38.2 Å². The second kappa shape index (κ2) is 11.5. The second-order valence-electron chi connectivity index (χ2n) is 11.0. The lowest BCUT2D eigenvalue weighted by atomic mass is 9.95. The molecule has 0 spiro atoms. The molecule has 3 heterocycles. The summed E-state index contributed by atoms with van der Waals surface area (Å²) in [5.74, 6) is 0.428. The number of hydrogen-bond acceptors (Lipinski definition) is 6. The minimum atomic E-state index is -2.60. The van der Waals surface area contributed by atoms with Crippen LogP contribution in [0.2, 0.25) is 18.6 Å². The molecule has 1 aromatic carbocycles. The fourth-order valence-electron chi connectivity index (χ4n) is 6.25. The van der Waals surface area contributed by atoms with Crippen molar-refractivity contribution in [3.63, 3.8) is 0 Å². The average molecular weight is 529 g/mol. The number of aromatic nitrogens is 1. The minimum Gasteiger partial charge on any atom is -0.491 e. The number of carbonyl (C=O) groups excluding carboxylic acids is 1. The summed E-state index contributed by atoms with van der Waals surface area (Å²) >= 11 is 0. The molecular weight excluding hydrogens is 488 g/mol. The van der Waals surface area contributed by atoms with E-state index in [0.29, 0.717) is 12.3 Å². The van der Waals surface area contributed by atoms with Crippen LogP contribution >= 0.6 is 0 Å². The largest absolute Gasteiger partial charge is 0.491 e. The molecule has 0 radical (unpaired) electrons. The van der Waals surface area contributed by atoms with Crippen LogP contribution < -0.4 is 10.3 Å². The van der Waals surface area contributed by atoms with Crippen LogP contribution in [-0.2, 0) is 16.0 Å². The van der Waals surface area contributed by atoms with Gasteiger partial charge in [-0.15, -0.1) is 0 Å². The summed E-state index contributed by atoms with van der Waals surface area (Å²) in [5.41, 5.74) is 1.61. The van der Waals surface area contributed by atoms with Crippen molar-refractivity contribution in [1.29, 1.82) is 0 Å². The third-order valence-electron chi connectivity index (χ3n) is 8.04. The number of hydrogen-bond donors (Lipinski definition) is 2. The molecular formula is C28H40N2O6Si. The quantitative estimate of drug-likeness (QED) is 0.485. The standard InChI is InChI=1S/C28H40N2O6Si/c1-19-23(13-12-20-8-5-9-21(16-20)30-15-7-11-24(35-2)28(30)33)36-25(27(19)37(3,4)34)17-26(32)29-14-6-10-22(29)18-31/h5,7-9,11,15-16,19,22-23,25,27,31,34H,6,10,12-14,17-18H2,1-4H3/t19-,22+,23+,25-,27+/m1/s1. The summed E-state index contributed by atoms with van der Waals surface area (Å²) in [6, 6.07) is 11.2. The van der Waals surface area contributed by atoms with Gasteiger partial charge in [-0.3, -0.25) is 14.2 Å². The minimum absolute atomic E-state index is 0.00841. The summed E-state index contributed by atoms with van der Waals surface area (Å²) in [6.45, 7) is 6.65. The molecule has 2 N–H and O–H groups in total. The first-order valence-electron chi connectivity index (χ1n) is 13.3. The van der Waals surface area contributed by atoms with Crippen molar-refractivity contribution in [3.8, 4) is 11.4 Å². The van der Waals surface area contributed by atoms with Crippen LogP contribution in [0.25, 0.3) is 5.69 Å². The van der Waals surface area contributed by atoms with E-state index in [0.717, 1.165) is 36.9 Å². The number of amides is 1. The summed E-state index contributed by atoms with van der Waals surface area (Å²) in [6.07, 6.45) is 4.83. The Kier molecular flexibility index (Phi) is 8.58. The van der Waals surface area contributed by atoms with Gasteiger partial charge in [-0.2, -0.15) is 0 Å². The Balaban J connectivity index is 1.46. The first kappa shape index (κ1) is 27.6. The number of pyridine rings is 1. The molecule has 9 heteroatoms. The van der Waals surface area contributed by atoms with E-state index in [4.69, 9.17) is 9.47 Å². The van der Waals surface area contributed by atoms with Crippen LogP contribution in [0.4, 0.5) is 0 Å². The van der Waals surface area contributed by atoms with Crippen LogP contribution in [0.15, 0.2) is 47.4 Å². The predicted molar refractivity (Wildman–Crippen MR) is 145 cm³/mol. The van der Waals surface area contributed by atoms with Gasteiger partial charge in [0.25, 0.3) is 5.56 Å². The molecule has 0 saturated carbocycles. The smallest absolute Gasteiger partial charge is 0.297 e. The Morgan fingerprint density at radius 2 is 2.00 bits per heavy atom. The van der Waals surface area contributed by atoms with E-state index in [1.54, 1.807) is 27.8 Å². The highest BCUT2D eigenvalue weighted by molar-refractivity contribution is 6.71. The SMILES string of the molecule is COc1cccn(-c2cccc(CC[C@@H]3O[C@H](CC(=O)N4CCC[C@H]4CO)[C@@H]([Si](C)(C)O)[C@@H]3C)c2)c1=O. The molecule has 2 aliphatic rings.